The molecule has 1 heterocycles. The Labute approximate surface area is 116 Å². The maximum absolute atomic E-state index is 11.9. The summed E-state index contributed by atoms with van der Waals surface area (Å²) in [6.07, 6.45) is 0.707. The average molecular weight is 304 g/mol. The van der Waals surface area contributed by atoms with Gasteiger partial charge in [0.1, 0.15) is 0 Å². The highest BCUT2D eigenvalue weighted by Gasteiger charge is 2.24. The van der Waals surface area contributed by atoms with Crippen molar-refractivity contribution in [2.24, 2.45) is 5.92 Å². The number of carbonyl (C=O) groups is 1. The molecule has 1 aliphatic rings. The highest BCUT2D eigenvalue weighted by molar-refractivity contribution is 8.13. The average Bonchev–Trinajstić information content (AvgIpc) is 2.84. The number of hydrogen-bond acceptors (Lipinski definition) is 4. The van der Waals surface area contributed by atoms with E-state index >= 15 is 0 Å². The summed E-state index contributed by atoms with van der Waals surface area (Å²) in [5.74, 6) is -0.252. The molecule has 1 aliphatic heterocycles. The zero-order valence-electron chi connectivity index (χ0n) is 10.3. The first-order valence-electron chi connectivity index (χ1n) is 5.82. The van der Waals surface area contributed by atoms with Crippen LogP contribution < -0.4 is 5.32 Å². The van der Waals surface area contributed by atoms with Gasteiger partial charge in [0.2, 0.25) is 5.91 Å². The molecule has 0 aromatic heterocycles. The van der Waals surface area contributed by atoms with Crippen LogP contribution >= 0.6 is 10.7 Å². The van der Waals surface area contributed by atoms with Crippen molar-refractivity contribution in [3.63, 3.8) is 0 Å². The smallest absolute Gasteiger partial charge is 0.261 e. The molecule has 0 bridgehead atoms. The Hall–Kier alpha value is -1.11. The van der Waals surface area contributed by atoms with Crippen molar-refractivity contribution in [2.75, 3.05) is 18.5 Å². The molecule has 5 nitrogen and oxygen atoms in total. The van der Waals surface area contributed by atoms with Gasteiger partial charge in [-0.2, -0.15) is 0 Å². The van der Waals surface area contributed by atoms with Crippen molar-refractivity contribution in [2.45, 2.75) is 18.2 Å². The minimum Gasteiger partial charge on any atom is -0.381 e. The lowest BCUT2D eigenvalue weighted by Crippen LogP contribution is -2.23. The topological polar surface area (TPSA) is 72.5 Å². The molecule has 1 fully saturated rings. The van der Waals surface area contributed by atoms with Gasteiger partial charge in [-0.25, -0.2) is 8.42 Å². The van der Waals surface area contributed by atoms with E-state index < -0.39 is 9.05 Å². The predicted molar refractivity (Wildman–Crippen MR) is 71.8 cm³/mol. The minimum atomic E-state index is -3.75. The van der Waals surface area contributed by atoms with E-state index in [9.17, 15) is 13.2 Å². The van der Waals surface area contributed by atoms with E-state index in [0.29, 0.717) is 30.9 Å². The first kappa shape index (κ1) is 14.3. The summed E-state index contributed by atoms with van der Waals surface area (Å²) in [4.78, 5) is 11.9. The van der Waals surface area contributed by atoms with Crippen LogP contribution in [0.3, 0.4) is 0 Å². The lowest BCUT2D eigenvalue weighted by molar-refractivity contribution is -0.119. The van der Waals surface area contributed by atoms with Crippen LogP contribution in [0.2, 0.25) is 0 Å². The monoisotopic (exact) mass is 303 g/mol. The second-order valence-electron chi connectivity index (χ2n) is 4.46. The number of nitrogens with one attached hydrogen (secondary N) is 1. The van der Waals surface area contributed by atoms with Gasteiger partial charge in [-0.05, 0) is 37.1 Å². The Morgan fingerprint density at radius 2 is 2.21 bits per heavy atom. The van der Waals surface area contributed by atoms with E-state index in [0.717, 1.165) is 0 Å². The number of anilines is 1. The zero-order chi connectivity index (χ0) is 14.0. The third-order valence-electron chi connectivity index (χ3n) is 3.04. The fourth-order valence-corrected chi connectivity index (χ4v) is 2.74. The van der Waals surface area contributed by atoms with Crippen LogP contribution in [-0.4, -0.2) is 27.5 Å². The number of rotatable bonds is 3. The summed E-state index contributed by atoms with van der Waals surface area (Å²) in [6, 6.07) is 4.34. The largest absolute Gasteiger partial charge is 0.381 e. The minimum absolute atomic E-state index is 0.0221. The van der Waals surface area contributed by atoms with Crippen molar-refractivity contribution in [1.29, 1.82) is 0 Å². The maximum atomic E-state index is 11.9. The van der Waals surface area contributed by atoms with Crippen molar-refractivity contribution >= 4 is 31.3 Å². The number of hydrogen-bond donors (Lipinski definition) is 1. The Morgan fingerprint density at radius 3 is 2.74 bits per heavy atom. The summed E-state index contributed by atoms with van der Waals surface area (Å²) in [7, 11) is 1.51. The SMILES string of the molecule is Cc1cc(S(=O)(=O)Cl)ccc1NC(=O)C1CCOC1. The third kappa shape index (κ3) is 3.46. The van der Waals surface area contributed by atoms with Crippen LogP contribution in [0.5, 0.6) is 0 Å². The lowest BCUT2D eigenvalue weighted by Gasteiger charge is -2.12. The van der Waals surface area contributed by atoms with Crippen LogP contribution in [0.4, 0.5) is 5.69 Å². The molecule has 19 heavy (non-hydrogen) atoms. The quantitative estimate of drug-likeness (QED) is 0.866. The van der Waals surface area contributed by atoms with E-state index in [-0.39, 0.29) is 16.7 Å². The number of carbonyl (C=O) groups excluding carboxylic acids is 1. The lowest BCUT2D eigenvalue weighted by atomic mass is 10.1. The van der Waals surface area contributed by atoms with Crippen molar-refractivity contribution in [3.8, 4) is 0 Å². The van der Waals surface area contributed by atoms with Crippen LogP contribution in [0.1, 0.15) is 12.0 Å². The Kier molecular flexibility index (Phi) is 4.13. The molecule has 1 amide bonds. The molecule has 1 atom stereocenters. The number of amides is 1. The first-order chi connectivity index (χ1) is 8.88. The van der Waals surface area contributed by atoms with Crippen molar-refractivity contribution in [3.05, 3.63) is 23.8 Å². The molecule has 0 radical (unpaired) electrons. The van der Waals surface area contributed by atoms with Crippen molar-refractivity contribution < 1.29 is 17.9 Å². The van der Waals surface area contributed by atoms with Gasteiger partial charge in [-0.1, -0.05) is 0 Å². The van der Waals surface area contributed by atoms with Gasteiger partial charge in [0.25, 0.3) is 9.05 Å². The number of aryl methyl sites for hydroxylation is 1. The Morgan fingerprint density at radius 1 is 1.47 bits per heavy atom. The standard InChI is InChI=1S/C12H14ClNO4S/c1-8-6-10(19(13,16)17)2-3-11(8)14-12(15)9-4-5-18-7-9/h2-3,6,9H,4-5,7H2,1H3,(H,14,15). The normalized spacial score (nSPS) is 19.4. The molecule has 7 heteroatoms. The zero-order valence-corrected chi connectivity index (χ0v) is 11.9. The van der Waals surface area contributed by atoms with Gasteiger partial charge in [0.15, 0.2) is 0 Å². The van der Waals surface area contributed by atoms with Crippen LogP contribution in [-0.2, 0) is 18.6 Å². The van der Waals surface area contributed by atoms with E-state index in [4.69, 9.17) is 15.4 Å². The molecular weight excluding hydrogens is 290 g/mol. The molecule has 104 valence electrons. The second kappa shape index (κ2) is 5.48. The Balaban J connectivity index is 2.15. The fourth-order valence-electron chi connectivity index (χ4n) is 1.90. The molecule has 0 aliphatic carbocycles. The highest BCUT2D eigenvalue weighted by Crippen LogP contribution is 2.23. The molecule has 1 saturated heterocycles. The molecule has 1 aromatic carbocycles. The number of benzene rings is 1. The van der Waals surface area contributed by atoms with E-state index in [1.54, 1.807) is 6.92 Å². The first-order valence-corrected chi connectivity index (χ1v) is 8.13. The summed E-state index contributed by atoms with van der Waals surface area (Å²) < 4.78 is 27.5. The maximum Gasteiger partial charge on any atom is 0.261 e. The van der Waals surface area contributed by atoms with Crippen molar-refractivity contribution in [1.82, 2.24) is 0 Å². The number of halogens is 1. The second-order valence-corrected chi connectivity index (χ2v) is 7.03. The summed E-state index contributed by atoms with van der Waals surface area (Å²) in [5, 5.41) is 2.77. The molecule has 1 aromatic rings. The van der Waals surface area contributed by atoms with Gasteiger partial charge >= 0.3 is 0 Å². The molecular formula is C12H14ClNO4S. The number of ether oxygens (including phenoxy) is 1. The summed E-state index contributed by atoms with van der Waals surface area (Å²) in [5.41, 5.74) is 1.23. The highest BCUT2D eigenvalue weighted by atomic mass is 35.7. The molecule has 1 N–H and O–H groups in total. The van der Waals surface area contributed by atoms with Crippen LogP contribution in [0.25, 0.3) is 0 Å². The molecule has 0 saturated carbocycles. The summed E-state index contributed by atoms with van der Waals surface area (Å²) >= 11 is 0. The molecule has 0 spiro atoms. The predicted octanol–water partition coefficient (Wildman–Crippen LogP) is 1.90. The van der Waals surface area contributed by atoms with Gasteiger partial charge in [-0.3, -0.25) is 4.79 Å². The Bertz CT molecular complexity index is 594. The van der Waals surface area contributed by atoms with Crippen LogP contribution in [0.15, 0.2) is 23.1 Å². The van der Waals surface area contributed by atoms with Gasteiger partial charge < -0.3 is 10.1 Å². The third-order valence-corrected chi connectivity index (χ3v) is 4.39. The molecule has 1 unspecified atom stereocenters. The van der Waals surface area contributed by atoms with E-state index in [1.807, 2.05) is 0 Å². The van der Waals surface area contributed by atoms with Gasteiger partial charge in [-0.15, -0.1) is 0 Å². The van der Waals surface area contributed by atoms with E-state index in [2.05, 4.69) is 5.32 Å². The fraction of sp³-hybridized carbons (Fsp3) is 0.417. The summed E-state index contributed by atoms with van der Waals surface area (Å²) in [6.45, 7) is 2.74. The van der Waals surface area contributed by atoms with Gasteiger partial charge in [0, 0.05) is 23.0 Å². The van der Waals surface area contributed by atoms with Gasteiger partial charge in [0.05, 0.1) is 17.4 Å². The van der Waals surface area contributed by atoms with Crippen LogP contribution in [0, 0.1) is 12.8 Å². The molecule has 2 rings (SSSR count). The van der Waals surface area contributed by atoms with E-state index in [1.165, 1.54) is 18.2 Å².